The number of fused-ring (bicyclic) bond motifs is 1. The van der Waals surface area contributed by atoms with Crippen molar-refractivity contribution in [2.24, 2.45) is 0 Å². The van der Waals surface area contributed by atoms with E-state index in [1.165, 1.54) is 21.3 Å². The molecule has 0 bridgehead atoms. The van der Waals surface area contributed by atoms with Gasteiger partial charge in [-0.2, -0.15) is 0 Å². The number of ether oxygens (including phenoxy) is 3. The number of rotatable bonds is 7. The van der Waals surface area contributed by atoms with E-state index in [0.717, 1.165) is 16.0 Å². The molecule has 9 heteroatoms. The Hall–Kier alpha value is -3.36. The zero-order valence-electron chi connectivity index (χ0n) is 21.5. The molecule has 0 saturated heterocycles. The van der Waals surface area contributed by atoms with Gasteiger partial charge in [0, 0.05) is 28.6 Å². The van der Waals surface area contributed by atoms with E-state index in [-0.39, 0.29) is 11.8 Å². The van der Waals surface area contributed by atoms with E-state index in [1.54, 1.807) is 48.0 Å². The highest BCUT2D eigenvalue weighted by atomic mass is 35.5. The SMILES string of the molecule is COc1cc(Cl)c(C)cc1NC(=O)[C@H]1c2cc(OC)c(OC)cc2C(=O)N(C)[C@H]1c1ccc(SC)cc1. The summed E-state index contributed by atoms with van der Waals surface area (Å²) in [6.07, 6.45) is 2.00. The van der Waals surface area contributed by atoms with Gasteiger partial charge in [-0.05, 0) is 60.2 Å². The number of thioether (sulfide) groups is 1. The number of halogens is 1. The lowest BCUT2D eigenvalue weighted by atomic mass is 9.79. The maximum atomic E-state index is 14.1. The average molecular weight is 541 g/mol. The van der Waals surface area contributed by atoms with Crippen LogP contribution in [0.5, 0.6) is 17.2 Å². The number of aryl methyl sites for hydroxylation is 1. The standard InChI is InChI=1S/C28H29ClN2O5S/c1-15-11-21(22(34-3)14-20(15)29)30-27(32)25-18-12-23(35-4)24(36-5)13-19(18)28(33)31(2)26(25)16-7-9-17(37-6)10-8-16/h7-14,25-26H,1-6H3,(H,30,32)/t25-,26-/m0/s1. The Labute approximate surface area is 226 Å². The minimum Gasteiger partial charge on any atom is -0.495 e. The summed E-state index contributed by atoms with van der Waals surface area (Å²) in [7, 11) is 6.27. The number of hydrogen-bond donors (Lipinski definition) is 1. The molecule has 2 atom stereocenters. The number of nitrogens with one attached hydrogen (secondary N) is 1. The Morgan fingerprint density at radius 3 is 2.19 bits per heavy atom. The van der Waals surface area contributed by atoms with Crippen molar-refractivity contribution in [2.75, 3.05) is 39.9 Å². The van der Waals surface area contributed by atoms with Crippen LogP contribution in [0.25, 0.3) is 0 Å². The zero-order chi connectivity index (χ0) is 26.9. The number of carbonyl (C=O) groups excluding carboxylic acids is 2. The van der Waals surface area contributed by atoms with Crippen molar-refractivity contribution >= 4 is 40.9 Å². The number of benzene rings is 3. The van der Waals surface area contributed by atoms with Gasteiger partial charge in [0.2, 0.25) is 5.91 Å². The van der Waals surface area contributed by atoms with E-state index in [4.69, 9.17) is 25.8 Å². The van der Waals surface area contributed by atoms with E-state index in [0.29, 0.717) is 39.1 Å². The van der Waals surface area contributed by atoms with Crippen molar-refractivity contribution in [1.82, 2.24) is 4.90 Å². The molecule has 0 aliphatic carbocycles. The van der Waals surface area contributed by atoms with Crippen LogP contribution in [-0.4, -0.2) is 51.3 Å². The van der Waals surface area contributed by atoms with Gasteiger partial charge < -0.3 is 24.4 Å². The third kappa shape index (κ3) is 4.95. The van der Waals surface area contributed by atoms with E-state index in [2.05, 4.69) is 5.32 Å². The molecule has 3 aromatic carbocycles. The molecule has 3 aromatic rings. The van der Waals surface area contributed by atoms with Crippen molar-refractivity contribution in [2.45, 2.75) is 23.8 Å². The first kappa shape index (κ1) is 26.7. The fourth-order valence-corrected chi connectivity index (χ4v) is 5.25. The van der Waals surface area contributed by atoms with Crippen LogP contribution in [0.3, 0.4) is 0 Å². The first-order valence-corrected chi connectivity index (χ1v) is 13.2. The Morgan fingerprint density at radius 2 is 1.59 bits per heavy atom. The highest BCUT2D eigenvalue weighted by molar-refractivity contribution is 7.98. The first-order valence-electron chi connectivity index (χ1n) is 11.6. The summed E-state index contributed by atoms with van der Waals surface area (Å²) in [6.45, 7) is 1.85. The van der Waals surface area contributed by atoms with Crippen LogP contribution in [0.4, 0.5) is 5.69 Å². The number of anilines is 1. The number of hydrogen-bond acceptors (Lipinski definition) is 6. The monoisotopic (exact) mass is 540 g/mol. The molecule has 4 rings (SSSR count). The third-order valence-electron chi connectivity index (χ3n) is 6.65. The number of carbonyl (C=O) groups is 2. The topological polar surface area (TPSA) is 77.1 Å². The summed E-state index contributed by atoms with van der Waals surface area (Å²) in [5.74, 6) is 0.0364. The number of nitrogens with zero attached hydrogens (tertiary/aromatic N) is 1. The number of methoxy groups -OCH3 is 3. The summed E-state index contributed by atoms with van der Waals surface area (Å²) in [5.41, 5.74) is 3.07. The Balaban J connectivity index is 1.89. The number of amides is 2. The van der Waals surface area contributed by atoms with Gasteiger partial charge in [-0.1, -0.05) is 23.7 Å². The van der Waals surface area contributed by atoms with Crippen LogP contribution in [0.1, 0.15) is 39.0 Å². The molecule has 1 aliphatic heterocycles. The van der Waals surface area contributed by atoms with Crippen molar-refractivity contribution in [1.29, 1.82) is 0 Å². The van der Waals surface area contributed by atoms with Gasteiger partial charge in [-0.15, -0.1) is 11.8 Å². The predicted octanol–water partition coefficient (Wildman–Crippen LogP) is 5.95. The van der Waals surface area contributed by atoms with Crippen molar-refractivity contribution in [3.8, 4) is 17.2 Å². The van der Waals surface area contributed by atoms with Gasteiger partial charge in [-0.25, -0.2) is 0 Å². The molecule has 7 nitrogen and oxygen atoms in total. The maximum Gasteiger partial charge on any atom is 0.254 e. The second-order valence-corrected chi connectivity index (χ2v) is 9.98. The van der Waals surface area contributed by atoms with Gasteiger partial charge in [-0.3, -0.25) is 9.59 Å². The first-order chi connectivity index (χ1) is 17.7. The normalized spacial score (nSPS) is 16.7. The predicted molar refractivity (Wildman–Crippen MR) is 147 cm³/mol. The minimum atomic E-state index is -0.752. The smallest absolute Gasteiger partial charge is 0.254 e. The van der Waals surface area contributed by atoms with E-state index < -0.39 is 12.0 Å². The summed E-state index contributed by atoms with van der Waals surface area (Å²) < 4.78 is 16.4. The Kier molecular flexibility index (Phi) is 7.90. The molecule has 0 saturated carbocycles. The lowest BCUT2D eigenvalue weighted by Crippen LogP contribution is -2.44. The molecule has 194 valence electrons. The van der Waals surface area contributed by atoms with E-state index in [9.17, 15) is 9.59 Å². The second-order valence-electron chi connectivity index (χ2n) is 8.70. The summed E-state index contributed by atoms with van der Waals surface area (Å²) in [4.78, 5) is 30.3. The second kappa shape index (κ2) is 10.9. The van der Waals surface area contributed by atoms with Crippen molar-refractivity contribution < 1.29 is 23.8 Å². The molecule has 37 heavy (non-hydrogen) atoms. The molecule has 0 fully saturated rings. The van der Waals surface area contributed by atoms with Crippen LogP contribution in [0.15, 0.2) is 53.4 Å². The molecular weight excluding hydrogens is 512 g/mol. The molecule has 0 radical (unpaired) electrons. The molecule has 1 aliphatic rings. The minimum absolute atomic E-state index is 0.209. The lowest BCUT2D eigenvalue weighted by molar-refractivity contribution is -0.119. The fourth-order valence-electron chi connectivity index (χ4n) is 4.69. The highest BCUT2D eigenvalue weighted by Crippen LogP contribution is 2.46. The highest BCUT2D eigenvalue weighted by Gasteiger charge is 2.43. The van der Waals surface area contributed by atoms with E-state index >= 15 is 0 Å². The quantitative estimate of drug-likeness (QED) is 0.373. The molecule has 2 amide bonds. The fraction of sp³-hybridized carbons (Fsp3) is 0.286. The van der Waals surface area contributed by atoms with Crippen LogP contribution in [-0.2, 0) is 4.79 Å². The number of likely N-dealkylation sites (N-methyl/N-ethyl adjacent to an activating group) is 1. The molecular formula is C28H29ClN2O5S. The van der Waals surface area contributed by atoms with Gasteiger partial charge in [0.25, 0.3) is 5.91 Å². The largest absolute Gasteiger partial charge is 0.495 e. The summed E-state index contributed by atoms with van der Waals surface area (Å²) in [6, 6.07) is 14.1. The maximum absolute atomic E-state index is 14.1. The zero-order valence-corrected chi connectivity index (χ0v) is 23.1. The summed E-state index contributed by atoms with van der Waals surface area (Å²) >= 11 is 7.90. The van der Waals surface area contributed by atoms with Crippen molar-refractivity contribution in [3.05, 3.63) is 75.8 Å². The summed E-state index contributed by atoms with van der Waals surface area (Å²) in [5, 5.41) is 3.56. The third-order valence-corrected chi connectivity index (χ3v) is 7.80. The van der Waals surface area contributed by atoms with Gasteiger partial charge in [0.15, 0.2) is 11.5 Å². The van der Waals surface area contributed by atoms with Crippen LogP contribution >= 0.6 is 23.4 Å². The van der Waals surface area contributed by atoms with Gasteiger partial charge in [0.05, 0.1) is 39.0 Å². The van der Waals surface area contributed by atoms with Crippen LogP contribution < -0.4 is 19.5 Å². The average Bonchev–Trinajstić information content (AvgIpc) is 2.91. The van der Waals surface area contributed by atoms with Crippen molar-refractivity contribution in [3.63, 3.8) is 0 Å². The van der Waals surface area contributed by atoms with E-state index in [1.807, 2.05) is 37.4 Å². The van der Waals surface area contributed by atoms with Crippen LogP contribution in [0, 0.1) is 6.92 Å². The van der Waals surface area contributed by atoms with Gasteiger partial charge in [0.1, 0.15) is 5.75 Å². The molecule has 0 aromatic heterocycles. The lowest BCUT2D eigenvalue weighted by Gasteiger charge is -2.40. The molecule has 0 unspecified atom stereocenters. The Bertz CT molecular complexity index is 1350. The molecule has 0 spiro atoms. The van der Waals surface area contributed by atoms with Gasteiger partial charge >= 0.3 is 0 Å². The van der Waals surface area contributed by atoms with Crippen LogP contribution in [0.2, 0.25) is 5.02 Å². The molecule has 1 heterocycles. The molecule has 1 N–H and O–H groups in total. The Morgan fingerprint density at radius 1 is 0.973 bits per heavy atom.